The Morgan fingerprint density at radius 3 is 2.79 bits per heavy atom. The van der Waals surface area contributed by atoms with E-state index in [0.717, 1.165) is 25.5 Å². The van der Waals surface area contributed by atoms with E-state index in [2.05, 4.69) is 18.8 Å². The van der Waals surface area contributed by atoms with E-state index in [1.807, 2.05) is 0 Å². The second-order valence-corrected chi connectivity index (χ2v) is 4.15. The molecule has 0 heterocycles. The zero-order valence-electron chi connectivity index (χ0n) is 8.70. The molecule has 80 valence electrons. The second kappa shape index (κ2) is 4.60. The van der Waals surface area contributed by atoms with E-state index >= 15 is 0 Å². The number of aldehydes is 1. The van der Waals surface area contributed by atoms with Gasteiger partial charge in [0.25, 0.3) is 0 Å². The van der Waals surface area contributed by atoms with Crippen molar-refractivity contribution in [3.05, 3.63) is 12.8 Å². The number of carbonyl (C=O) groups is 1. The molecule has 1 aliphatic rings. The van der Waals surface area contributed by atoms with Crippen LogP contribution in [0.1, 0.15) is 32.6 Å². The van der Waals surface area contributed by atoms with Gasteiger partial charge in [0.05, 0.1) is 6.10 Å². The zero-order valence-corrected chi connectivity index (χ0v) is 8.70. The maximum Gasteiger partial charge on any atom is 0.125 e. The van der Waals surface area contributed by atoms with Crippen LogP contribution < -0.4 is 5.32 Å². The number of aliphatic hydroxyl groups is 1. The maximum atomic E-state index is 10.7. The van der Waals surface area contributed by atoms with Crippen molar-refractivity contribution in [1.29, 1.82) is 0 Å². The normalized spacial score (nSPS) is 36.7. The van der Waals surface area contributed by atoms with Crippen LogP contribution in [0, 0.1) is 5.92 Å². The quantitative estimate of drug-likeness (QED) is 0.652. The highest BCUT2D eigenvalue weighted by atomic mass is 16.3. The Labute approximate surface area is 85.2 Å². The van der Waals surface area contributed by atoms with Crippen molar-refractivity contribution in [3.8, 4) is 0 Å². The number of carbonyl (C=O) groups excluding carboxylic acids is 1. The molecule has 1 aliphatic carbocycles. The van der Waals surface area contributed by atoms with Crippen molar-refractivity contribution in [1.82, 2.24) is 5.32 Å². The summed E-state index contributed by atoms with van der Waals surface area (Å²) < 4.78 is 0. The molecule has 0 saturated heterocycles. The van der Waals surface area contributed by atoms with Crippen molar-refractivity contribution in [3.63, 3.8) is 0 Å². The fraction of sp³-hybridized carbons (Fsp3) is 0.727. The van der Waals surface area contributed by atoms with Gasteiger partial charge in [0.15, 0.2) is 0 Å². The number of hydrogen-bond acceptors (Lipinski definition) is 3. The van der Waals surface area contributed by atoms with Crippen LogP contribution in [0.4, 0.5) is 0 Å². The average molecular weight is 197 g/mol. The summed E-state index contributed by atoms with van der Waals surface area (Å²) in [6.45, 7) is 5.75. The van der Waals surface area contributed by atoms with Gasteiger partial charge in [-0.15, -0.1) is 0 Å². The predicted molar refractivity (Wildman–Crippen MR) is 55.8 cm³/mol. The van der Waals surface area contributed by atoms with Crippen LogP contribution >= 0.6 is 0 Å². The Balaban J connectivity index is 2.70. The van der Waals surface area contributed by atoms with Crippen molar-refractivity contribution < 1.29 is 9.90 Å². The first-order valence-electron chi connectivity index (χ1n) is 5.19. The molecule has 14 heavy (non-hydrogen) atoms. The lowest BCUT2D eigenvalue weighted by Crippen LogP contribution is -2.40. The topological polar surface area (TPSA) is 49.3 Å². The van der Waals surface area contributed by atoms with E-state index in [0.29, 0.717) is 6.42 Å². The van der Waals surface area contributed by atoms with Crippen LogP contribution in [0.2, 0.25) is 0 Å². The van der Waals surface area contributed by atoms with Gasteiger partial charge in [0, 0.05) is 11.5 Å². The fourth-order valence-corrected chi connectivity index (χ4v) is 2.45. The minimum atomic E-state index is -0.494. The Morgan fingerprint density at radius 2 is 2.36 bits per heavy atom. The number of nitrogens with one attached hydrogen (secondary N) is 1. The molecule has 0 aromatic carbocycles. The van der Waals surface area contributed by atoms with Crippen molar-refractivity contribution in [2.75, 3.05) is 0 Å². The Hall–Kier alpha value is -0.830. The van der Waals surface area contributed by atoms with Gasteiger partial charge in [0.1, 0.15) is 6.29 Å². The fourth-order valence-electron chi connectivity index (χ4n) is 2.45. The van der Waals surface area contributed by atoms with E-state index in [1.165, 1.54) is 0 Å². The van der Waals surface area contributed by atoms with Crippen LogP contribution in [0.25, 0.3) is 0 Å². The predicted octanol–water partition coefficient (Wildman–Crippen LogP) is 1.23. The van der Waals surface area contributed by atoms with Gasteiger partial charge in [-0.05, 0) is 25.5 Å². The van der Waals surface area contributed by atoms with E-state index in [4.69, 9.17) is 0 Å². The summed E-state index contributed by atoms with van der Waals surface area (Å²) in [7, 11) is 0. The monoisotopic (exact) mass is 197 g/mol. The standard InChI is InChI=1S/C11H19NO2/c1-3-5-11(12-4-2)6-9(8-13)10(14)7-11/h4,8-10,12,14H,2-3,5-7H2,1H3. The third-order valence-electron chi connectivity index (χ3n) is 3.03. The summed E-state index contributed by atoms with van der Waals surface area (Å²) in [5.41, 5.74) is -0.110. The van der Waals surface area contributed by atoms with Gasteiger partial charge in [0.2, 0.25) is 0 Å². The minimum absolute atomic E-state index is 0.110. The summed E-state index contributed by atoms with van der Waals surface area (Å²) in [4.78, 5) is 10.7. The average Bonchev–Trinajstić information content (AvgIpc) is 2.44. The molecule has 0 aromatic heterocycles. The molecule has 3 atom stereocenters. The molecule has 0 spiro atoms. The second-order valence-electron chi connectivity index (χ2n) is 4.15. The molecule has 0 radical (unpaired) electrons. The Bertz CT molecular complexity index is 217. The molecular weight excluding hydrogens is 178 g/mol. The first kappa shape index (κ1) is 11.2. The third-order valence-corrected chi connectivity index (χ3v) is 3.03. The summed E-state index contributed by atoms with van der Waals surface area (Å²) >= 11 is 0. The highest BCUT2D eigenvalue weighted by molar-refractivity contribution is 5.56. The molecule has 0 bridgehead atoms. The molecule has 0 aliphatic heterocycles. The van der Waals surface area contributed by atoms with Gasteiger partial charge in [-0.2, -0.15) is 0 Å². The lowest BCUT2D eigenvalue weighted by molar-refractivity contribution is -0.113. The molecular formula is C11H19NO2. The summed E-state index contributed by atoms with van der Waals surface area (Å²) in [6.07, 6.45) is 5.42. The summed E-state index contributed by atoms with van der Waals surface area (Å²) in [5.74, 6) is -0.214. The maximum absolute atomic E-state index is 10.7. The molecule has 1 rings (SSSR count). The van der Waals surface area contributed by atoms with Crippen LogP contribution in [-0.2, 0) is 4.79 Å². The van der Waals surface area contributed by atoms with Crippen molar-refractivity contribution in [2.45, 2.75) is 44.2 Å². The Kier molecular flexibility index (Phi) is 3.69. The first-order chi connectivity index (χ1) is 6.67. The van der Waals surface area contributed by atoms with Crippen LogP contribution in [0.15, 0.2) is 12.8 Å². The molecule has 1 saturated carbocycles. The van der Waals surface area contributed by atoms with Gasteiger partial charge in [-0.25, -0.2) is 0 Å². The summed E-state index contributed by atoms with van der Waals surface area (Å²) in [5, 5.41) is 12.9. The summed E-state index contributed by atoms with van der Waals surface area (Å²) in [6, 6.07) is 0. The van der Waals surface area contributed by atoms with Crippen LogP contribution in [0.3, 0.4) is 0 Å². The van der Waals surface area contributed by atoms with Gasteiger partial charge in [-0.1, -0.05) is 19.9 Å². The number of aliphatic hydroxyl groups excluding tert-OH is 1. The lowest BCUT2D eigenvalue weighted by Gasteiger charge is -2.29. The van der Waals surface area contributed by atoms with Crippen molar-refractivity contribution >= 4 is 6.29 Å². The smallest absolute Gasteiger partial charge is 0.125 e. The highest BCUT2D eigenvalue weighted by Gasteiger charge is 2.43. The molecule has 3 heteroatoms. The molecule has 2 N–H and O–H groups in total. The van der Waals surface area contributed by atoms with E-state index < -0.39 is 6.10 Å². The third kappa shape index (κ3) is 2.15. The Morgan fingerprint density at radius 1 is 1.64 bits per heavy atom. The van der Waals surface area contributed by atoms with Crippen LogP contribution in [-0.4, -0.2) is 23.0 Å². The molecule has 0 amide bonds. The van der Waals surface area contributed by atoms with Gasteiger partial charge in [-0.3, -0.25) is 0 Å². The van der Waals surface area contributed by atoms with E-state index in [-0.39, 0.29) is 11.5 Å². The highest BCUT2D eigenvalue weighted by Crippen LogP contribution is 2.37. The number of rotatable bonds is 5. The number of hydrogen-bond donors (Lipinski definition) is 2. The van der Waals surface area contributed by atoms with Crippen molar-refractivity contribution in [2.24, 2.45) is 5.92 Å². The van der Waals surface area contributed by atoms with Crippen LogP contribution in [0.5, 0.6) is 0 Å². The zero-order chi connectivity index (χ0) is 10.6. The van der Waals surface area contributed by atoms with E-state index in [9.17, 15) is 9.90 Å². The molecule has 1 fully saturated rings. The minimum Gasteiger partial charge on any atom is -0.392 e. The largest absolute Gasteiger partial charge is 0.392 e. The van der Waals surface area contributed by atoms with Gasteiger partial charge < -0.3 is 15.2 Å². The molecule has 0 aromatic rings. The molecule has 3 nitrogen and oxygen atoms in total. The van der Waals surface area contributed by atoms with E-state index in [1.54, 1.807) is 6.20 Å². The SMILES string of the molecule is C=CNC1(CCC)CC(O)C(C=O)C1. The first-order valence-corrected chi connectivity index (χ1v) is 5.19. The lowest BCUT2D eigenvalue weighted by atomic mass is 9.91. The molecule has 3 unspecified atom stereocenters. The van der Waals surface area contributed by atoms with Gasteiger partial charge >= 0.3 is 0 Å².